The maximum atomic E-state index is 12.8. The van der Waals surface area contributed by atoms with Crippen LogP contribution in [0.2, 0.25) is 0 Å². The summed E-state index contributed by atoms with van der Waals surface area (Å²) in [5.41, 5.74) is 4.84. The second kappa shape index (κ2) is 10.5. The summed E-state index contributed by atoms with van der Waals surface area (Å²) in [5.74, 6) is 1.08. The van der Waals surface area contributed by atoms with E-state index in [1.807, 2.05) is 32.9 Å². The summed E-state index contributed by atoms with van der Waals surface area (Å²) in [7, 11) is 0. The lowest BCUT2D eigenvalue weighted by atomic mass is 10.1. The highest BCUT2D eigenvalue weighted by Gasteiger charge is 2.12. The number of carbonyl (C=O) groups is 2. The maximum Gasteiger partial charge on any atom is 0.255 e. The fourth-order valence-corrected chi connectivity index (χ4v) is 3.35. The number of aryl methyl sites for hydroxylation is 2. The van der Waals surface area contributed by atoms with Gasteiger partial charge >= 0.3 is 0 Å². The number of anilines is 2. The van der Waals surface area contributed by atoms with Gasteiger partial charge in [-0.05, 0) is 86.5 Å². The van der Waals surface area contributed by atoms with Crippen LogP contribution < -0.4 is 20.1 Å². The van der Waals surface area contributed by atoms with E-state index in [4.69, 9.17) is 9.47 Å². The summed E-state index contributed by atoms with van der Waals surface area (Å²) in [4.78, 5) is 23.9. The fraction of sp³-hybridized carbons (Fsp3) is 0.231. The zero-order valence-electron chi connectivity index (χ0n) is 18.8. The predicted molar refractivity (Wildman–Crippen MR) is 127 cm³/mol. The van der Waals surface area contributed by atoms with Crippen molar-refractivity contribution in [2.45, 2.75) is 34.3 Å². The summed E-state index contributed by atoms with van der Waals surface area (Å²) < 4.78 is 11.7. The standard InChI is InChI=1S/C26H28N2O4/c1-5-31-25-11-6-20(15-21(25)16-32-24-13-17(2)12-18(3)14-24)26(30)28-23-9-7-22(8-10-23)27-19(4)29/h6-15H,5,16H2,1-4H3,(H,27,29)(H,28,30). The van der Waals surface area contributed by atoms with Crippen LogP contribution >= 0.6 is 0 Å². The Morgan fingerprint density at radius 3 is 2.03 bits per heavy atom. The van der Waals surface area contributed by atoms with Crippen molar-refractivity contribution in [2.24, 2.45) is 0 Å². The van der Waals surface area contributed by atoms with Crippen LogP contribution in [0.1, 0.15) is 40.9 Å². The van der Waals surface area contributed by atoms with E-state index >= 15 is 0 Å². The highest BCUT2D eigenvalue weighted by atomic mass is 16.5. The van der Waals surface area contributed by atoms with Gasteiger partial charge < -0.3 is 20.1 Å². The van der Waals surface area contributed by atoms with Gasteiger partial charge in [0.15, 0.2) is 0 Å². The largest absolute Gasteiger partial charge is 0.493 e. The zero-order valence-corrected chi connectivity index (χ0v) is 18.8. The highest BCUT2D eigenvalue weighted by molar-refractivity contribution is 6.04. The Kier molecular flexibility index (Phi) is 7.49. The van der Waals surface area contributed by atoms with Crippen molar-refractivity contribution in [3.63, 3.8) is 0 Å². The Labute approximate surface area is 188 Å². The molecule has 0 aliphatic carbocycles. The molecule has 2 N–H and O–H groups in total. The van der Waals surface area contributed by atoms with Crippen molar-refractivity contribution < 1.29 is 19.1 Å². The summed E-state index contributed by atoms with van der Waals surface area (Å²) in [5, 5.41) is 5.57. The minimum Gasteiger partial charge on any atom is -0.493 e. The monoisotopic (exact) mass is 432 g/mol. The van der Waals surface area contributed by atoms with Gasteiger partial charge in [-0.3, -0.25) is 9.59 Å². The Hall–Kier alpha value is -3.80. The number of carbonyl (C=O) groups excluding carboxylic acids is 2. The van der Waals surface area contributed by atoms with Gasteiger partial charge in [0, 0.05) is 29.4 Å². The molecule has 0 saturated carbocycles. The first-order valence-electron chi connectivity index (χ1n) is 10.5. The first-order chi connectivity index (χ1) is 15.3. The number of benzene rings is 3. The molecule has 6 heteroatoms. The van der Waals surface area contributed by atoms with Gasteiger partial charge in [-0.1, -0.05) is 6.07 Å². The zero-order chi connectivity index (χ0) is 23.1. The average Bonchev–Trinajstić information content (AvgIpc) is 2.73. The van der Waals surface area contributed by atoms with Crippen LogP contribution in [0.5, 0.6) is 11.5 Å². The van der Waals surface area contributed by atoms with Crippen molar-refractivity contribution in [3.8, 4) is 11.5 Å². The van der Waals surface area contributed by atoms with Crippen LogP contribution in [0.15, 0.2) is 60.7 Å². The molecule has 166 valence electrons. The lowest BCUT2D eigenvalue weighted by Crippen LogP contribution is -2.13. The molecule has 0 aliphatic heterocycles. The molecule has 32 heavy (non-hydrogen) atoms. The normalized spacial score (nSPS) is 10.4. The average molecular weight is 433 g/mol. The molecule has 3 aromatic rings. The molecule has 0 atom stereocenters. The molecule has 0 radical (unpaired) electrons. The Morgan fingerprint density at radius 2 is 1.44 bits per heavy atom. The third-order valence-corrected chi connectivity index (χ3v) is 4.68. The number of hydrogen-bond acceptors (Lipinski definition) is 4. The van der Waals surface area contributed by atoms with E-state index in [2.05, 4.69) is 16.7 Å². The Bertz CT molecular complexity index is 1090. The Balaban J connectivity index is 1.75. The van der Waals surface area contributed by atoms with Gasteiger partial charge in [-0.15, -0.1) is 0 Å². The van der Waals surface area contributed by atoms with Crippen LogP contribution in [0.25, 0.3) is 0 Å². The lowest BCUT2D eigenvalue weighted by molar-refractivity contribution is -0.114. The Morgan fingerprint density at radius 1 is 0.812 bits per heavy atom. The molecule has 0 unspecified atom stereocenters. The maximum absolute atomic E-state index is 12.8. The van der Waals surface area contributed by atoms with E-state index in [0.29, 0.717) is 29.3 Å². The van der Waals surface area contributed by atoms with E-state index in [9.17, 15) is 9.59 Å². The van der Waals surface area contributed by atoms with Crippen LogP contribution in [0.3, 0.4) is 0 Å². The van der Waals surface area contributed by atoms with Crippen molar-refractivity contribution in [3.05, 3.63) is 82.9 Å². The summed E-state index contributed by atoms with van der Waals surface area (Å²) in [6, 6.07) is 18.3. The molecule has 0 saturated heterocycles. The van der Waals surface area contributed by atoms with Crippen molar-refractivity contribution in [1.29, 1.82) is 0 Å². The predicted octanol–water partition coefficient (Wildman–Crippen LogP) is 5.49. The first kappa shape index (κ1) is 22.9. The molecule has 0 aliphatic rings. The third kappa shape index (κ3) is 6.35. The number of rotatable bonds is 8. The molecule has 0 aromatic heterocycles. The molecule has 2 amide bonds. The SMILES string of the molecule is CCOc1ccc(C(=O)Nc2ccc(NC(C)=O)cc2)cc1COc1cc(C)cc(C)c1. The summed E-state index contributed by atoms with van der Waals surface area (Å²) in [6.07, 6.45) is 0. The molecular weight excluding hydrogens is 404 g/mol. The molecule has 0 fully saturated rings. The number of amides is 2. The van der Waals surface area contributed by atoms with Gasteiger partial charge in [-0.2, -0.15) is 0 Å². The van der Waals surface area contributed by atoms with Crippen LogP contribution in [-0.2, 0) is 11.4 Å². The third-order valence-electron chi connectivity index (χ3n) is 4.68. The van der Waals surface area contributed by atoms with Crippen molar-refractivity contribution in [1.82, 2.24) is 0 Å². The van der Waals surface area contributed by atoms with Gasteiger partial charge in [-0.25, -0.2) is 0 Å². The summed E-state index contributed by atoms with van der Waals surface area (Å²) >= 11 is 0. The van der Waals surface area contributed by atoms with Gasteiger partial charge in [0.2, 0.25) is 5.91 Å². The second-order valence-corrected chi connectivity index (χ2v) is 7.58. The van der Waals surface area contributed by atoms with E-state index in [-0.39, 0.29) is 18.4 Å². The molecule has 6 nitrogen and oxygen atoms in total. The van der Waals surface area contributed by atoms with Crippen LogP contribution in [0.4, 0.5) is 11.4 Å². The van der Waals surface area contributed by atoms with Crippen LogP contribution in [-0.4, -0.2) is 18.4 Å². The topological polar surface area (TPSA) is 76.7 Å². The first-order valence-corrected chi connectivity index (χ1v) is 10.5. The lowest BCUT2D eigenvalue weighted by Gasteiger charge is -2.14. The second-order valence-electron chi connectivity index (χ2n) is 7.58. The quantitative estimate of drug-likeness (QED) is 0.493. The van der Waals surface area contributed by atoms with Gasteiger partial charge in [0.1, 0.15) is 18.1 Å². The molecular formula is C26H28N2O4. The fourth-order valence-electron chi connectivity index (χ4n) is 3.35. The smallest absolute Gasteiger partial charge is 0.255 e. The number of ether oxygens (including phenoxy) is 2. The van der Waals surface area contributed by atoms with Crippen molar-refractivity contribution >= 4 is 23.2 Å². The molecule has 0 heterocycles. The summed E-state index contributed by atoms with van der Waals surface area (Å²) in [6.45, 7) is 8.22. The molecule has 0 bridgehead atoms. The molecule has 3 rings (SSSR count). The molecule has 3 aromatic carbocycles. The minimum atomic E-state index is -0.243. The van der Waals surface area contributed by atoms with E-state index in [1.165, 1.54) is 6.92 Å². The van der Waals surface area contributed by atoms with E-state index < -0.39 is 0 Å². The van der Waals surface area contributed by atoms with Crippen molar-refractivity contribution in [2.75, 3.05) is 17.2 Å². The van der Waals surface area contributed by atoms with E-state index in [0.717, 1.165) is 22.4 Å². The number of nitrogens with one attached hydrogen (secondary N) is 2. The number of hydrogen-bond donors (Lipinski definition) is 2. The van der Waals surface area contributed by atoms with Crippen LogP contribution in [0, 0.1) is 13.8 Å². The minimum absolute atomic E-state index is 0.147. The van der Waals surface area contributed by atoms with Gasteiger partial charge in [0.05, 0.1) is 6.61 Å². The van der Waals surface area contributed by atoms with Gasteiger partial charge in [0.25, 0.3) is 5.91 Å². The molecule has 0 spiro atoms. The van der Waals surface area contributed by atoms with E-state index in [1.54, 1.807) is 42.5 Å². The highest BCUT2D eigenvalue weighted by Crippen LogP contribution is 2.25.